The van der Waals surface area contributed by atoms with E-state index in [1.165, 1.54) is 0 Å². The highest BCUT2D eigenvalue weighted by molar-refractivity contribution is 6.31. The zero-order valence-corrected chi connectivity index (χ0v) is 12.2. The van der Waals surface area contributed by atoms with Crippen LogP contribution in [-0.2, 0) is 0 Å². The summed E-state index contributed by atoms with van der Waals surface area (Å²) >= 11 is 12.2. The molecule has 0 bridgehead atoms. The summed E-state index contributed by atoms with van der Waals surface area (Å²) in [5.74, 6) is 0. The van der Waals surface area contributed by atoms with Gasteiger partial charge in [-0.15, -0.1) is 10.2 Å². The minimum absolute atomic E-state index is 0.235. The summed E-state index contributed by atoms with van der Waals surface area (Å²) in [6.07, 6.45) is 0. The maximum absolute atomic E-state index is 6.14. The second kappa shape index (κ2) is 4.69. The van der Waals surface area contributed by atoms with Gasteiger partial charge in [0.1, 0.15) is 0 Å². The van der Waals surface area contributed by atoms with E-state index in [0.29, 0.717) is 10.7 Å². The first-order valence-electron chi connectivity index (χ1n) is 6.29. The molecule has 0 N–H and O–H groups in total. The van der Waals surface area contributed by atoms with Crippen LogP contribution in [0.3, 0.4) is 0 Å². The van der Waals surface area contributed by atoms with Gasteiger partial charge in [0.05, 0.1) is 5.69 Å². The van der Waals surface area contributed by atoms with Crippen LogP contribution >= 0.6 is 23.2 Å². The Balaban J connectivity index is 2.21. The fraction of sp³-hybridized carbons (Fsp3) is 0. The molecule has 0 radical (unpaired) electrons. The fourth-order valence-electron chi connectivity index (χ4n) is 2.39. The molecule has 0 saturated carbocycles. The topological polar surface area (TPSA) is 43.1 Å². The van der Waals surface area contributed by atoms with E-state index in [9.17, 15) is 0 Å². The van der Waals surface area contributed by atoms with Gasteiger partial charge in [0.2, 0.25) is 5.28 Å². The molecule has 0 amide bonds. The third kappa shape index (κ3) is 1.95. The van der Waals surface area contributed by atoms with Crippen molar-refractivity contribution in [3.05, 3.63) is 58.8 Å². The van der Waals surface area contributed by atoms with E-state index in [2.05, 4.69) is 15.3 Å². The van der Waals surface area contributed by atoms with E-state index in [-0.39, 0.29) is 5.28 Å². The van der Waals surface area contributed by atoms with Crippen molar-refractivity contribution >= 4 is 39.6 Å². The Morgan fingerprint density at radius 2 is 1.67 bits per heavy atom. The molecule has 0 aliphatic carbocycles. The predicted octanol–water partition coefficient (Wildman–Crippen LogP) is 4.25. The quantitative estimate of drug-likeness (QED) is 0.527. The normalized spacial score (nSPS) is 11.3. The number of fused-ring (bicyclic) bond motifs is 3. The van der Waals surface area contributed by atoms with Gasteiger partial charge < -0.3 is 0 Å². The lowest BCUT2D eigenvalue weighted by molar-refractivity contribution is 0.942. The average Bonchev–Trinajstić information content (AvgIpc) is 2.88. The van der Waals surface area contributed by atoms with Crippen molar-refractivity contribution in [3.8, 4) is 11.3 Å². The Hall–Kier alpha value is -2.17. The third-order valence-corrected chi connectivity index (χ3v) is 3.80. The summed E-state index contributed by atoms with van der Waals surface area (Å²) in [7, 11) is 0. The maximum atomic E-state index is 6.14. The largest absolute Gasteiger partial charge is 0.246 e. The lowest BCUT2D eigenvalue weighted by atomic mass is 10.1. The van der Waals surface area contributed by atoms with Crippen LogP contribution in [0.25, 0.3) is 27.7 Å². The number of rotatable bonds is 1. The van der Waals surface area contributed by atoms with Crippen LogP contribution in [0.1, 0.15) is 0 Å². The lowest BCUT2D eigenvalue weighted by Gasteiger charge is -2.08. The van der Waals surface area contributed by atoms with Gasteiger partial charge in [0, 0.05) is 21.4 Å². The first kappa shape index (κ1) is 12.6. The Bertz CT molecular complexity index is 964. The molecular weight excluding hydrogens is 307 g/mol. The molecule has 4 rings (SSSR count). The molecule has 0 fully saturated rings. The van der Waals surface area contributed by atoms with Gasteiger partial charge in [-0.1, -0.05) is 41.9 Å². The van der Waals surface area contributed by atoms with Gasteiger partial charge in [-0.25, -0.2) is 0 Å². The van der Waals surface area contributed by atoms with Crippen LogP contribution in [0.2, 0.25) is 10.3 Å². The minimum Gasteiger partial charge on any atom is -0.182 e. The molecule has 2 aromatic carbocycles. The van der Waals surface area contributed by atoms with Crippen molar-refractivity contribution in [1.82, 2.24) is 19.8 Å². The number of hydrogen-bond acceptors (Lipinski definition) is 3. The van der Waals surface area contributed by atoms with E-state index >= 15 is 0 Å². The number of nitrogens with zero attached hydrogens (tertiary/aromatic N) is 4. The molecule has 4 nitrogen and oxygen atoms in total. The van der Waals surface area contributed by atoms with Gasteiger partial charge in [0.25, 0.3) is 0 Å². The highest BCUT2D eigenvalue weighted by Gasteiger charge is 2.14. The maximum Gasteiger partial charge on any atom is 0.246 e. The summed E-state index contributed by atoms with van der Waals surface area (Å²) in [5, 5.41) is 15.3. The molecule has 0 aliphatic heterocycles. The Kier molecular flexibility index (Phi) is 2.80. The van der Waals surface area contributed by atoms with Crippen LogP contribution in [0, 0.1) is 0 Å². The summed E-state index contributed by atoms with van der Waals surface area (Å²) < 4.78 is 1.54. The Morgan fingerprint density at radius 1 is 0.857 bits per heavy atom. The molecule has 4 aromatic rings. The second-order valence-corrected chi connectivity index (χ2v) is 5.38. The fourth-order valence-corrected chi connectivity index (χ4v) is 2.72. The smallest absolute Gasteiger partial charge is 0.182 e. The highest BCUT2D eigenvalue weighted by atomic mass is 35.5. The Morgan fingerprint density at radius 3 is 2.48 bits per heavy atom. The molecule has 0 unspecified atom stereocenters. The molecular formula is C15H8Cl2N4. The second-order valence-electron chi connectivity index (χ2n) is 4.61. The van der Waals surface area contributed by atoms with E-state index in [1.54, 1.807) is 4.52 Å². The van der Waals surface area contributed by atoms with Gasteiger partial charge in [0.15, 0.2) is 5.65 Å². The average molecular weight is 315 g/mol. The van der Waals surface area contributed by atoms with E-state index in [1.807, 2.05) is 48.5 Å². The zero-order chi connectivity index (χ0) is 14.4. The monoisotopic (exact) mass is 314 g/mol. The summed E-state index contributed by atoms with van der Waals surface area (Å²) in [6, 6.07) is 15.5. The number of benzene rings is 2. The van der Waals surface area contributed by atoms with E-state index in [0.717, 1.165) is 22.0 Å². The summed E-state index contributed by atoms with van der Waals surface area (Å²) in [4.78, 5) is 0. The van der Waals surface area contributed by atoms with Gasteiger partial charge in [-0.2, -0.15) is 9.61 Å². The van der Waals surface area contributed by atoms with Gasteiger partial charge in [-0.3, -0.25) is 0 Å². The number of hydrogen-bond donors (Lipinski definition) is 0. The summed E-state index contributed by atoms with van der Waals surface area (Å²) in [6.45, 7) is 0. The SMILES string of the molecule is Clc1ccc2c(c1)c(-c1ccccc1)nn1c(Cl)nnc21. The zero-order valence-electron chi connectivity index (χ0n) is 10.7. The standard InChI is InChI=1S/C15H8Cl2N4/c16-10-6-7-11-12(8-10)13(9-4-2-1-3-5-9)20-21-14(11)18-19-15(21)17/h1-8H. The molecule has 0 atom stereocenters. The van der Waals surface area contributed by atoms with Crippen LogP contribution in [0.5, 0.6) is 0 Å². The lowest BCUT2D eigenvalue weighted by Crippen LogP contribution is -1.97. The van der Waals surface area contributed by atoms with Gasteiger partial charge >= 0.3 is 0 Å². The summed E-state index contributed by atoms with van der Waals surface area (Å²) in [5.41, 5.74) is 2.39. The van der Waals surface area contributed by atoms with Crippen molar-refractivity contribution in [2.45, 2.75) is 0 Å². The van der Waals surface area contributed by atoms with Crippen molar-refractivity contribution in [2.24, 2.45) is 0 Å². The van der Waals surface area contributed by atoms with Crippen LogP contribution < -0.4 is 0 Å². The number of aromatic nitrogens is 4. The van der Waals surface area contributed by atoms with Crippen molar-refractivity contribution in [3.63, 3.8) is 0 Å². The predicted molar refractivity (Wildman–Crippen MR) is 83.7 cm³/mol. The molecule has 2 heterocycles. The van der Waals surface area contributed by atoms with E-state index < -0.39 is 0 Å². The van der Waals surface area contributed by atoms with Gasteiger partial charge in [-0.05, 0) is 29.8 Å². The molecule has 21 heavy (non-hydrogen) atoms. The van der Waals surface area contributed by atoms with Crippen molar-refractivity contribution < 1.29 is 0 Å². The molecule has 102 valence electrons. The highest BCUT2D eigenvalue weighted by Crippen LogP contribution is 2.31. The first-order chi connectivity index (χ1) is 10.2. The molecule has 0 saturated heterocycles. The van der Waals surface area contributed by atoms with Crippen molar-refractivity contribution in [2.75, 3.05) is 0 Å². The van der Waals surface area contributed by atoms with Crippen LogP contribution in [0.4, 0.5) is 0 Å². The first-order valence-corrected chi connectivity index (χ1v) is 7.05. The Labute approximate surface area is 129 Å². The minimum atomic E-state index is 0.235. The van der Waals surface area contributed by atoms with Crippen LogP contribution in [0.15, 0.2) is 48.5 Å². The number of halogens is 2. The molecule has 2 aromatic heterocycles. The van der Waals surface area contributed by atoms with E-state index in [4.69, 9.17) is 23.2 Å². The van der Waals surface area contributed by atoms with Crippen molar-refractivity contribution in [1.29, 1.82) is 0 Å². The molecule has 6 heteroatoms. The molecule has 0 aliphatic rings. The molecule has 0 spiro atoms. The van der Waals surface area contributed by atoms with Crippen LogP contribution in [-0.4, -0.2) is 19.8 Å². The third-order valence-electron chi connectivity index (χ3n) is 3.33.